The molecule has 0 bridgehead atoms. The number of rotatable bonds is 6. The van der Waals surface area contributed by atoms with Crippen LogP contribution in [0.15, 0.2) is 30.6 Å². The molecule has 0 aliphatic heterocycles. The maximum atomic E-state index is 13.1. The molecule has 1 heterocycles. The second-order valence-corrected chi connectivity index (χ2v) is 5.23. The van der Waals surface area contributed by atoms with Gasteiger partial charge in [0, 0.05) is 13.1 Å². The van der Waals surface area contributed by atoms with Gasteiger partial charge >= 0.3 is 0 Å². The van der Waals surface area contributed by atoms with Gasteiger partial charge in [-0.3, -0.25) is 9.58 Å². The Kier molecular flexibility index (Phi) is 4.84. The van der Waals surface area contributed by atoms with Crippen molar-refractivity contribution in [2.45, 2.75) is 32.4 Å². The molecule has 1 atom stereocenters. The molecule has 0 unspecified atom stereocenters. The number of hydrogen-bond acceptors (Lipinski definition) is 3. The third kappa shape index (κ3) is 3.87. The fraction of sp³-hybridized carbons (Fsp3) is 0.467. The van der Waals surface area contributed by atoms with Crippen molar-refractivity contribution in [3.63, 3.8) is 0 Å². The molecule has 1 aromatic carbocycles. The molecule has 2 aromatic rings. The molecule has 0 saturated carbocycles. The van der Waals surface area contributed by atoms with Gasteiger partial charge < -0.3 is 0 Å². The standard InChI is InChI=1S/C15H21FN4/c1-12(7-8-13-5-4-6-14(16)9-13)19(2)10-15-17-11-18-20(15)3/h4-6,9,11-12H,7-8,10H2,1-3H3/t12-/m0/s1. The van der Waals surface area contributed by atoms with Crippen molar-refractivity contribution in [3.8, 4) is 0 Å². The number of aromatic nitrogens is 3. The predicted octanol–water partition coefficient (Wildman–Crippen LogP) is 2.41. The Morgan fingerprint density at radius 2 is 2.20 bits per heavy atom. The van der Waals surface area contributed by atoms with E-state index in [1.54, 1.807) is 23.1 Å². The zero-order valence-electron chi connectivity index (χ0n) is 12.3. The van der Waals surface area contributed by atoms with Crippen LogP contribution in [0.4, 0.5) is 4.39 Å². The molecule has 0 aliphatic rings. The topological polar surface area (TPSA) is 34.0 Å². The molecule has 0 radical (unpaired) electrons. The van der Waals surface area contributed by atoms with E-state index in [1.165, 1.54) is 6.07 Å². The molecule has 0 aliphatic carbocycles. The Labute approximate surface area is 119 Å². The molecule has 20 heavy (non-hydrogen) atoms. The summed E-state index contributed by atoms with van der Waals surface area (Å²) in [5.41, 5.74) is 1.05. The monoisotopic (exact) mass is 276 g/mol. The number of hydrogen-bond donors (Lipinski definition) is 0. The maximum Gasteiger partial charge on any atom is 0.140 e. The van der Waals surface area contributed by atoms with Crippen LogP contribution in [-0.2, 0) is 20.0 Å². The Balaban J connectivity index is 1.85. The lowest BCUT2D eigenvalue weighted by molar-refractivity contribution is 0.229. The second kappa shape index (κ2) is 6.61. The van der Waals surface area contributed by atoms with Crippen LogP contribution in [0, 0.1) is 5.82 Å². The van der Waals surface area contributed by atoms with Gasteiger partial charge in [0.1, 0.15) is 18.0 Å². The van der Waals surface area contributed by atoms with Crippen molar-refractivity contribution in [2.24, 2.45) is 7.05 Å². The lowest BCUT2D eigenvalue weighted by Crippen LogP contribution is -2.30. The summed E-state index contributed by atoms with van der Waals surface area (Å²) in [6, 6.07) is 7.22. The fourth-order valence-electron chi connectivity index (χ4n) is 2.13. The number of nitrogens with zero attached hydrogens (tertiary/aromatic N) is 4. The second-order valence-electron chi connectivity index (χ2n) is 5.23. The first kappa shape index (κ1) is 14.7. The van der Waals surface area contributed by atoms with Crippen molar-refractivity contribution < 1.29 is 4.39 Å². The van der Waals surface area contributed by atoms with Gasteiger partial charge in [0.25, 0.3) is 0 Å². The third-order valence-corrected chi connectivity index (χ3v) is 3.69. The van der Waals surface area contributed by atoms with Gasteiger partial charge in [0.05, 0.1) is 6.54 Å². The number of halogens is 1. The summed E-state index contributed by atoms with van der Waals surface area (Å²) >= 11 is 0. The van der Waals surface area contributed by atoms with Gasteiger partial charge in [-0.05, 0) is 44.5 Å². The Bertz CT molecular complexity index is 552. The highest BCUT2D eigenvalue weighted by atomic mass is 19.1. The third-order valence-electron chi connectivity index (χ3n) is 3.69. The molecule has 2 rings (SSSR count). The predicted molar refractivity (Wildman–Crippen MR) is 76.7 cm³/mol. The molecule has 0 amide bonds. The molecular formula is C15H21FN4. The van der Waals surface area contributed by atoms with Crippen LogP contribution in [0.3, 0.4) is 0 Å². The van der Waals surface area contributed by atoms with E-state index in [9.17, 15) is 4.39 Å². The summed E-state index contributed by atoms with van der Waals surface area (Å²) in [4.78, 5) is 6.47. The normalized spacial score (nSPS) is 12.8. The summed E-state index contributed by atoms with van der Waals surface area (Å²) in [6.07, 6.45) is 3.43. The fourth-order valence-corrected chi connectivity index (χ4v) is 2.13. The van der Waals surface area contributed by atoms with Crippen LogP contribution in [0.5, 0.6) is 0 Å². The van der Waals surface area contributed by atoms with Crippen LogP contribution in [0.25, 0.3) is 0 Å². The molecular weight excluding hydrogens is 255 g/mol. The summed E-state index contributed by atoms with van der Waals surface area (Å²) in [5, 5.41) is 4.07. The lowest BCUT2D eigenvalue weighted by atomic mass is 10.1. The molecule has 108 valence electrons. The van der Waals surface area contributed by atoms with Crippen LogP contribution in [-0.4, -0.2) is 32.8 Å². The smallest absolute Gasteiger partial charge is 0.140 e. The van der Waals surface area contributed by atoms with Crippen molar-refractivity contribution in [2.75, 3.05) is 7.05 Å². The summed E-state index contributed by atoms with van der Waals surface area (Å²) in [5.74, 6) is 0.785. The van der Waals surface area contributed by atoms with E-state index >= 15 is 0 Å². The minimum Gasteiger partial charge on any atom is -0.296 e. The molecule has 5 heteroatoms. The minimum absolute atomic E-state index is 0.164. The highest BCUT2D eigenvalue weighted by Gasteiger charge is 2.12. The summed E-state index contributed by atoms with van der Waals surface area (Å²) in [6.45, 7) is 2.94. The van der Waals surface area contributed by atoms with Crippen molar-refractivity contribution >= 4 is 0 Å². The average molecular weight is 276 g/mol. The van der Waals surface area contributed by atoms with Gasteiger partial charge in [-0.15, -0.1) is 0 Å². The molecule has 0 N–H and O–H groups in total. The van der Waals surface area contributed by atoms with Crippen LogP contribution in [0.1, 0.15) is 24.7 Å². The largest absolute Gasteiger partial charge is 0.296 e. The van der Waals surface area contributed by atoms with E-state index in [1.807, 2.05) is 13.1 Å². The number of aryl methyl sites for hydroxylation is 2. The van der Waals surface area contributed by atoms with E-state index in [0.717, 1.165) is 30.8 Å². The molecule has 0 fully saturated rings. The van der Waals surface area contributed by atoms with E-state index in [-0.39, 0.29) is 5.82 Å². The Morgan fingerprint density at radius 3 is 2.85 bits per heavy atom. The summed E-state index contributed by atoms with van der Waals surface area (Å²) < 4.78 is 14.9. The minimum atomic E-state index is -0.164. The average Bonchev–Trinajstić information content (AvgIpc) is 2.81. The zero-order valence-corrected chi connectivity index (χ0v) is 12.3. The van der Waals surface area contributed by atoms with Gasteiger partial charge in [-0.2, -0.15) is 5.10 Å². The first-order valence-electron chi connectivity index (χ1n) is 6.84. The molecule has 0 spiro atoms. The SMILES string of the molecule is C[C@@H](CCc1cccc(F)c1)N(C)Cc1ncnn1C. The lowest BCUT2D eigenvalue weighted by Gasteiger charge is -2.24. The zero-order chi connectivity index (χ0) is 14.5. The van der Waals surface area contributed by atoms with E-state index in [4.69, 9.17) is 0 Å². The summed E-state index contributed by atoms with van der Waals surface area (Å²) in [7, 11) is 3.97. The molecule has 0 saturated heterocycles. The van der Waals surface area contributed by atoms with Crippen LogP contribution < -0.4 is 0 Å². The van der Waals surface area contributed by atoms with Crippen molar-refractivity contribution in [3.05, 3.63) is 47.8 Å². The van der Waals surface area contributed by atoms with Crippen molar-refractivity contribution in [1.82, 2.24) is 19.7 Å². The first-order chi connectivity index (χ1) is 9.56. The van der Waals surface area contributed by atoms with Crippen LogP contribution >= 0.6 is 0 Å². The van der Waals surface area contributed by atoms with Gasteiger partial charge in [0.15, 0.2) is 0 Å². The van der Waals surface area contributed by atoms with Crippen molar-refractivity contribution in [1.29, 1.82) is 0 Å². The van der Waals surface area contributed by atoms with Gasteiger partial charge in [-0.1, -0.05) is 12.1 Å². The maximum absolute atomic E-state index is 13.1. The first-order valence-corrected chi connectivity index (χ1v) is 6.84. The number of benzene rings is 1. The Morgan fingerprint density at radius 1 is 1.40 bits per heavy atom. The van der Waals surface area contributed by atoms with Crippen LogP contribution in [0.2, 0.25) is 0 Å². The van der Waals surface area contributed by atoms with E-state index in [2.05, 4.69) is 29.0 Å². The van der Waals surface area contributed by atoms with Gasteiger partial charge in [0.2, 0.25) is 0 Å². The molecule has 1 aromatic heterocycles. The van der Waals surface area contributed by atoms with E-state index in [0.29, 0.717) is 6.04 Å². The molecule has 4 nitrogen and oxygen atoms in total. The van der Waals surface area contributed by atoms with E-state index < -0.39 is 0 Å². The quantitative estimate of drug-likeness (QED) is 0.812. The van der Waals surface area contributed by atoms with Gasteiger partial charge in [-0.25, -0.2) is 9.37 Å². The highest BCUT2D eigenvalue weighted by Crippen LogP contribution is 2.11. The highest BCUT2D eigenvalue weighted by molar-refractivity contribution is 5.16. The Hall–Kier alpha value is -1.75.